The van der Waals surface area contributed by atoms with Gasteiger partial charge in [0.2, 0.25) is 11.8 Å². The van der Waals surface area contributed by atoms with E-state index in [2.05, 4.69) is 26.2 Å². The van der Waals surface area contributed by atoms with Gasteiger partial charge in [0, 0.05) is 30.0 Å². The van der Waals surface area contributed by atoms with Gasteiger partial charge in [-0.15, -0.1) is 10.2 Å². The smallest absolute Gasteiger partial charge is 0.283 e. The third-order valence-corrected chi connectivity index (χ3v) is 6.04. The molecule has 2 aromatic heterocycles. The molecule has 0 N–H and O–H groups in total. The van der Waals surface area contributed by atoms with Crippen LogP contribution in [-0.2, 0) is 17.8 Å². The van der Waals surface area contributed by atoms with E-state index in [0.717, 1.165) is 46.8 Å². The largest absolute Gasteiger partial charge is 0.414 e. The third kappa shape index (κ3) is 3.65. The standard InChI is InChI=1S/C20H16ClN5O2S/c21-13-5-3-12(4-6-13)14-7-8-15-18(14)19(23-11-22-15)29-20-25-24-16(28-20)10-26-9-1-2-17(26)27/h3-7,11H,1-2,8-10H2. The average Bonchev–Trinajstić information content (AvgIpc) is 3.44. The van der Waals surface area contributed by atoms with Crippen molar-refractivity contribution >= 4 is 34.8 Å². The van der Waals surface area contributed by atoms with E-state index in [-0.39, 0.29) is 5.91 Å². The molecule has 1 aromatic carbocycles. The minimum absolute atomic E-state index is 0.128. The molecular formula is C20H16ClN5O2S. The number of hydrogen-bond acceptors (Lipinski definition) is 7. The first kappa shape index (κ1) is 18.3. The summed E-state index contributed by atoms with van der Waals surface area (Å²) in [5.41, 5.74) is 4.08. The number of carbonyl (C=O) groups is 1. The molecule has 1 amide bonds. The zero-order chi connectivity index (χ0) is 19.8. The second-order valence-electron chi connectivity index (χ2n) is 6.81. The Bertz CT molecular complexity index is 1110. The molecule has 0 bridgehead atoms. The fourth-order valence-electron chi connectivity index (χ4n) is 3.56. The van der Waals surface area contributed by atoms with Crippen molar-refractivity contribution < 1.29 is 9.21 Å². The number of aromatic nitrogens is 4. The highest BCUT2D eigenvalue weighted by Gasteiger charge is 2.25. The number of allylic oxidation sites excluding steroid dienone is 1. The van der Waals surface area contributed by atoms with Crippen molar-refractivity contribution in [2.75, 3.05) is 6.54 Å². The van der Waals surface area contributed by atoms with Gasteiger partial charge in [0.1, 0.15) is 11.4 Å². The van der Waals surface area contributed by atoms with Gasteiger partial charge >= 0.3 is 0 Å². The van der Waals surface area contributed by atoms with Crippen molar-refractivity contribution in [3.8, 4) is 0 Å². The van der Waals surface area contributed by atoms with Gasteiger partial charge in [-0.25, -0.2) is 9.97 Å². The molecule has 5 rings (SSSR count). The Labute approximate surface area is 176 Å². The van der Waals surface area contributed by atoms with Crippen LogP contribution in [0.3, 0.4) is 0 Å². The Balaban J connectivity index is 1.39. The molecule has 3 heterocycles. The van der Waals surface area contributed by atoms with E-state index < -0.39 is 0 Å². The summed E-state index contributed by atoms with van der Waals surface area (Å²) in [6.45, 7) is 1.09. The van der Waals surface area contributed by atoms with Gasteiger partial charge in [-0.2, -0.15) is 0 Å². The average molecular weight is 426 g/mol. The van der Waals surface area contributed by atoms with E-state index in [1.54, 1.807) is 11.2 Å². The fraction of sp³-hybridized carbons (Fsp3) is 0.250. The Kier molecular flexibility index (Phi) is 4.81. The molecule has 2 aliphatic rings. The lowest BCUT2D eigenvalue weighted by molar-refractivity contribution is -0.128. The van der Waals surface area contributed by atoms with Crippen LogP contribution in [0, 0.1) is 0 Å². The van der Waals surface area contributed by atoms with E-state index in [9.17, 15) is 4.79 Å². The first-order valence-electron chi connectivity index (χ1n) is 9.26. The molecule has 0 radical (unpaired) electrons. The van der Waals surface area contributed by atoms with Crippen LogP contribution in [-0.4, -0.2) is 37.5 Å². The Hall–Kier alpha value is -2.71. The van der Waals surface area contributed by atoms with E-state index in [1.165, 1.54) is 11.8 Å². The van der Waals surface area contributed by atoms with E-state index in [4.69, 9.17) is 16.0 Å². The predicted molar refractivity (Wildman–Crippen MR) is 107 cm³/mol. The van der Waals surface area contributed by atoms with Crippen molar-refractivity contribution in [3.63, 3.8) is 0 Å². The van der Waals surface area contributed by atoms with Crippen LogP contribution >= 0.6 is 23.4 Å². The van der Waals surface area contributed by atoms with Gasteiger partial charge < -0.3 is 9.32 Å². The Morgan fingerprint density at radius 2 is 2.03 bits per heavy atom. The number of hydrogen-bond donors (Lipinski definition) is 0. The van der Waals surface area contributed by atoms with Crippen LogP contribution in [0.2, 0.25) is 5.02 Å². The highest BCUT2D eigenvalue weighted by atomic mass is 35.5. The number of rotatable bonds is 5. The number of halogens is 1. The highest BCUT2D eigenvalue weighted by molar-refractivity contribution is 7.99. The first-order chi connectivity index (χ1) is 14.2. The lowest BCUT2D eigenvalue weighted by Crippen LogP contribution is -2.23. The number of benzene rings is 1. The van der Waals surface area contributed by atoms with Crippen LogP contribution < -0.4 is 0 Å². The molecule has 146 valence electrons. The number of likely N-dealkylation sites (tertiary alicyclic amines) is 1. The van der Waals surface area contributed by atoms with E-state index in [1.807, 2.05) is 24.3 Å². The van der Waals surface area contributed by atoms with Crippen molar-refractivity contribution in [2.24, 2.45) is 0 Å². The fourth-order valence-corrected chi connectivity index (χ4v) is 4.50. The SMILES string of the molecule is O=C1CCCN1Cc1nnc(Sc2ncnc3c2C(c2ccc(Cl)cc2)=CC3)o1. The second kappa shape index (κ2) is 7.61. The minimum atomic E-state index is 0.128. The van der Waals surface area contributed by atoms with Crippen molar-refractivity contribution in [1.82, 2.24) is 25.1 Å². The molecule has 9 heteroatoms. The number of fused-ring (bicyclic) bond motifs is 1. The summed E-state index contributed by atoms with van der Waals surface area (Å²) in [6, 6.07) is 7.72. The molecule has 0 spiro atoms. The van der Waals surface area contributed by atoms with Crippen LogP contribution in [0.1, 0.15) is 35.6 Å². The van der Waals surface area contributed by atoms with Gasteiger partial charge in [-0.05, 0) is 41.5 Å². The molecular weight excluding hydrogens is 410 g/mol. The maximum absolute atomic E-state index is 11.8. The number of nitrogens with zero attached hydrogens (tertiary/aromatic N) is 5. The summed E-state index contributed by atoms with van der Waals surface area (Å²) in [4.78, 5) is 22.4. The topological polar surface area (TPSA) is 85.0 Å². The quantitative estimate of drug-likeness (QED) is 0.575. The summed E-state index contributed by atoms with van der Waals surface area (Å²) in [6.07, 6.45) is 5.91. The van der Waals surface area contributed by atoms with E-state index >= 15 is 0 Å². The molecule has 1 fully saturated rings. The zero-order valence-corrected chi connectivity index (χ0v) is 16.9. The molecule has 1 aliphatic carbocycles. The Morgan fingerprint density at radius 3 is 2.83 bits per heavy atom. The van der Waals surface area contributed by atoms with Crippen molar-refractivity contribution in [2.45, 2.75) is 36.1 Å². The summed E-state index contributed by atoms with van der Waals surface area (Å²) < 4.78 is 5.76. The number of carbonyl (C=O) groups excluding carboxylic acids is 1. The van der Waals surface area contributed by atoms with Gasteiger partial charge in [0.25, 0.3) is 5.22 Å². The third-order valence-electron chi connectivity index (χ3n) is 4.94. The lowest BCUT2D eigenvalue weighted by Gasteiger charge is -2.11. The maximum atomic E-state index is 11.8. The van der Waals surface area contributed by atoms with Gasteiger partial charge in [0.05, 0.1) is 12.2 Å². The van der Waals surface area contributed by atoms with Gasteiger partial charge in [-0.3, -0.25) is 4.79 Å². The normalized spacial score (nSPS) is 15.7. The predicted octanol–water partition coefficient (Wildman–Crippen LogP) is 3.77. The molecule has 3 aromatic rings. The number of amides is 1. The molecule has 1 aliphatic heterocycles. The summed E-state index contributed by atoms with van der Waals surface area (Å²) in [5.74, 6) is 0.561. The van der Waals surface area contributed by atoms with Crippen molar-refractivity contribution in [1.29, 1.82) is 0 Å². The molecule has 0 saturated carbocycles. The van der Waals surface area contributed by atoms with Crippen LogP contribution in [0.25, 0.3) is 5.57 Å². The monoisotopic (exact) mass is 425 g/mol. The Morgan fingerprint density at radius 1 is 1.17 bits per heavy atom. The summed E-state index contributed by atoms with van der Waals surface area (Å²) >= 11 is 7.34. The van der Waals surface area contributed by atoms with Gasteiger partial charge in [-0.1, -0.05) is 29.8 Å². The summed E-state index contributed by atoms with van der Waals surface area (Å²) in [7, 11) is 0. The van der Waals surface area contributed by atoms with Crippen LogP contribution in [0.15, 0.2) is 51.3 Å². The first-order valence-corrected chi connectivity index (χ1v) is 10.4. The minimum Gasteiger partial charge on any atom is -0.414 e. The lowest BCUT2D eigenvalue weighted by atomic mass is 10.0. The molecule has 7 nitrogen and oxygen atoms in total. The van der Waals surface area contributed by atoms with Crippen LogP contribution in [0.4, 0.5) is 0 Å². The molecule has 1 saturated heterocycles. The maximum Gasteiger partial charge on any atom is 0.283 e. The zero-order valence-electron chi connectivity index (χ0n) is 15.3. The second-order valence-corrected chi connectivity index (χ2v) is 8.19. The summed E-state index contributed by atoms with van der Waals surface area (Å²) in [5, 5.41) is 10.1. The molecule has 0 atom stereocenters. The van der Waals surface area contributed by atoms with Crippen LogP contribution in [0.5, 0.6) is 0 Å². The van der Waals surface area contributed by atoms with E-state index in [0.29, 0.717) is 29.1 Å². The highest BCUT2D eigenvalue weighted by Crippen LogP contribution is 2.39. The molecule has 29 heavy (non-hydrogen) atoms. The molecule has 0 unspecified atom stereocenters. The van der Waals surface area contributed by atoms with Crippen molar-refractivity contribution in [3.05, 3.63) is 64.4 Å². The van der Waals surface area contributed by atoms with Gasteiger partial charge in [0.15, 0.2) is 0 Å².